The fourth-order valence-electron chi connectivity index (χ4n) is 3.55. The molecule has 0 atom stereocenters. The Labute approximate surface area is 173 Å². The molecule has 0 aliphatic carbocycles. The summed E-state index contributed by atoms with van der Waals surface area (Å²) in [5, 5.41) is 0. The zero-order chi connectivity index (χ0) is 19.7. The van der Waals surface area contributed by atoms with Crippen molar-refractivity contribution >= 4 is 26.0 Å². The quantitative estimate of drug-likeness (QED) is 0.713. The number of halogens is 1. The fourth-order valence-corrected chi connectivity index (χ4v) is 5.69. The largest absolute Gasteiger partial charge is 0.495 e. The fraction of sp³-hybridized carbons (Fsp3) is 0.368. The van der Waals surface area contributed by atoms with Crippen LogP contribution >= 0.6 is 15.9 Å². The minimum atomic E-state index is -3.60. The smallest absolute Gasteiger partial charge is 0.247 e. The molecule has 1 fully saturated rings. The maximum atomic E-state index is 13.1. The maximum Gasteiger partial charge on any atom is 0.247 e. The highest BCUT2D eigenvalue weighted by atomic mass is 79.9. The van der Waals surface area contributed by atoms with Gasteiger partial charge in [-0.2, -0.15) is 4.31 Å². The number of rotatable bonds is 5. The average molecular weight is 470 g/mol. The normalized spacial score (nSPS) is 17.6. The molecule has 1 saturated heterocycles. The SMILES string of the molecule is COc1ccc(Br)cc1S(=O)(=O)N1CC[NH+](Cc2ccc3c(c2)OCO3)CC1. The molecule has 2 aromatic carbocycles. The number of nitrogens with zero attached hydrogens (tertiary/aromatic N) is 1. The van der Waals surface area contributed by atoms with E-state index in [0.717, 1.165) is 36.7 Å². The van der Waals surface area contributed by atoms with Crippen LogP contribution in [0.2, 0.25) is 0 Å². The summed E-state index contributed by atoms with van der Waals surface area (Å²) in [6.07, 6.45) is 0. The van der Waals surface area contributed by atoms with Gasteiger partial charge in [-0.05, 0) is 36.4 Å². The molecule has 1 N–H and O–H groups in total. The van der Waals surface area contributed by atoms with Gasteiger partial charge in [0, 0.05) is 10.0 Å². The Morgan fingerprint density at radius 3 is 2.61 bits per heavy atom. The predicted molar refractivity (Wildman–Crippen MR) is 106 cm³/mol. The molecule has 2 aromatic rings. The van der Waals surface area contributed by atoms with Crippen molar-refractivity contribution in [1.29, 1.82) is 0 Å². The van der Waals surface area contributed by atoms with Crippen LogP contribution < -0.4 is 19.1 Å². The van der Waals surface area contributed by atoms with E-state index in [0.29, 0.717) is 23.3 Å². The monoisotopic (exact) mass is 469 g/mol. The van der Waals surface area contributed by atoms with Crippen LogP contribution in [0.1, 0.15) is 5.56 Å². The van der Waals surface area contributed by atoms with Gasteiger partial charge in [-0.3, -0.25) is 0 Å². The zero-order valence-electron chi connectivity index (χ0n) is 15.5. The van der Waals surface area contributed by atoms with Gasteiger partial charge >= 0.3 is 0 Å². The number of nitrogens with one attached hydrogen (secondary N) is 1. The van der Waals surface area contributed by atoms with Crippen molar-refractivity contribution < 1.29 is 27.5 Å². The molecular formula is C19H22BrN2O5S+. The van der Waals surface area contributed by atoms with Crippen molar-refractivity contribution in [3.05, 3.63) is 46.4 Å². The first-order valence-corrected chi connectivity index (χ1v) is 11.3. The molecule has 0 aromatic heterocycles. The van der Waals surface area contributed by atoms with Crippen LogP contribution in [0, 0.1) is 0 Å². The highest BCUT2D eigenvalue weighted by Gasteiger charge is 2.32. The topological polar surface area (TPSA) is 69.5 Å². The second-order valence-electron chi connectivity index (χ2n) is 6.81. The predicted octanol–water partition coefficient (Wildman–Crippen LogP) is 1.28. The molecule has 2 aliphatic rings. The minimum Gasteiger partial charge on any atom is -0.495 e. The van der Waals surface area contributed by atoms with Gasteiger partial charge in [-0.1, -0.05) is 15.9 Å². The number of fused-ring (bicyclic) bond motifs is 1. The van der Waals surface area contributed by atoms with Gasteiger partial charge in [-0.25, -0.2) is 8.42 Å². The molecule has 4 rings (SSSR count). The van der Waals surface area contributed by atoms with E-state index in [-0.39, 0.29) is 11.7 Å². The minimum absolute atomic E-state index is 0.198. The van der Waals surface area contributed by atoms with E-state index in [1.165, 1.54) is 12.0 Å². The van der Waals surface area contributed by atoms with Gasteiger partial charge in [0.15, 0.2) is 11.5 Å². The summed E-state index contributed by atoms with van der Waals surface area (Å²) in [5.41, 5.74) is 1.16. The number of hydrogen-bond acceptors (Lipinski definition) is 5. The number of quaternary nitrogens is 1. The zero-order valence-corrected chi connectivity index (χ0v) is 17.9. The van der Waals surface area contributed by atoms with Crippen LogP contribution in [-0.4, -0.2) is 52.8 Å². The van der Waals surface area contributed by atoms with E-state index in [1.807, 2.05) is 18.2 Å². The first kappa shape index (κ1) is 19.5. The Bertz CT molecular complexity index is 974. The van der Waals surface area contributed by atoms with Crippen LogP contribution in [0.5, 0.6) is 17.2 Å². The third-order valence-corrected chi connectivity index (χ3v) is 7.48. The van der Waals surface area contributed by atoms with Gasteiger partial charge in [0.25, 0.3) is 0 Å². The Hall–Kier alpha value is -1.81. The first-order valence-electron chi connectivity index (χ1n) is 9.03. The number of benzene rings is 2. The molecule has 0 unspecified atom stereocenters. The van der Waals surface area contributed by atoms with Gasteiger partial charge in [0.05, 0.1) is 33.3 Å². The van der Waals surface area contributed by atoms with Crippen molar-refractivity contribution in [1.82, 2.24) is 4.31 Å². The summed E-state index contributed by atoms with van der Waals surface area (Å²) in [6.45, 7) is 3.51. The van der Waals surface area contributed by atoms with Crippen molar-refractivity contribution in [2.45, 2.75) is 11.4 Å². The molecule has 0 amide bonds. The molecule has 2 aliphatic heterocycles. The van der Waals surface area contributed by atoms with Gasteiger partial charge in [0.1, 0.15) is 17.2 Å². The number of methoxy groups -OCH3 is 1. The summed E-state index contributed by atoms with van der Waals surface area (Å²) in [5.74, 6) is 1.91. The van der Waals surface area contributed by atoms with Crippen molar-refractivity contribution in [2.24, 2.45) is 0 Å². The lowest BCUT2D eigenvalue weighted by atomic mass is 10.2. The highest BCUT2D eigenvalue weighted by Crippen LogP contribution is 2.32. The standard InChI is InChI=1S/C19H21BrN2O5S/c1-25-17-5-3-15(20)11-19(17)28(23,24)22-8-6-21(7-9-22)12-14-2-4-16-18(10-14)27-13-26-16/h2-5,10-11H,6-9,12-13H2,1H3/p+1. The molecular weight excluding hydrogens is 448 g/mol. The lowest BCUT2D eigenvalue weighted by Gasteiger charge is -2.31. The molecule has 7 nitrogen and oxygen atoms in total. The van der Waals surface area contributed by atoms with Crippen LogP contribution in [-0.2, 0) is 16.6 Å². The number of sulfonamides is 1. The van der Waals surface area contributed by atoms with E-state index in [2.05, 4.69) is 15.9 Å². The summed E-state index contributed by atoms with van der Waals surface area (Å²) in [4.78, 5) is 1.54. The van der Waals surface area contributed by atoms with Crippen LogP contribution in [0.25, 0.3) is 0 Å². The highest BCUT2D eigenvalue weighted by molar-refractivity contribution is 9.10. The Morgan fingerprint density at radius 1 is 1.11 bits per heavy atom. The molecule has 2 heterocycles. The first-order chi connectivity index (χ1) is 13.5. The van der Waals surface area contributed by atoms with Crippen LogP contribution in [0.15, 0.2) is 45.8 Å². The molecule has 0 spiro atoms. The Kier molecular flexibility index (Phi) is 5.50. The molecule has 150 valence electrons. The van der Waals surface area contributed by atoms with Crippen molar-refractivity contribution in [2.75, 3.05) is 40.1 Å². The number of ether oxygens (including phenoxy) is 3. The van der Waals surface area contributed by atoms with Gasteiger partial charge in [0.2, 0.25) is 16.8 Å². The second kappa shape index (κ2) is 7.90. The molecule has 9 heteroatoms. The van der Waals surface area contributed by atoms with Crippen molar-refractivity contribution in [3.63, 3.8) is 0 Å². The van der Waals surface area contributed by atoms with E-state index in [9.17, 15) is 8.42 Å². The Balaban J connectivity index is 1.43. The van der Waals surface area contributed by atoms with E-state index in [1.54, 1.807) is 22.5 Å². The Morgan fingerprint density at radius 2 is 1.86 bits per heavy atom. The second-order valence-corrected chi connectivity index (χ2v) is 9.64. The summed E-state index contributed by atoms with van der Waals surface area (Å²) in [6, 6.07) is 11.0. The number of hydrogen-bond donors (Lipinski definition) is 1. The van der Waals surface area contributed by atoms with E-state index >= 15 is 0 Å². The lowest BCUT2D eigenvalue weighted by molar-refractivity contribution is -0.917. The summed E-state index contributed by atoms with van der Waals surface area (Å²) < 4.78 is 44.5. The van der Waals surface area contributed by atoms with E-state index in [4.69, 9.17) is 14.2 Å². The van der Waals surface area contributed by atoms with E-state index < -0.39 is 10.0 Å². The number of piperazine rings is 1. The van der Waals surface area contributed by atoms with Crippen LogP contribution in [0.4, 0.5) is 0 Å². The molecule has 0 saturated carbocycles. The van der Waals surface area contributed by atoms with Gasteiger partial charge in [-0.15, -0.1) is 0 Å². The third kappa shape index (κ3) is 3.84. The molecule has 0 bridgehead atoms. The average Bonchev–Trinajstić information content (AvgIpc) is 3.16. The maximum absolute atomic E-state index is 13.1. The summed E-state index contributed by atoms with van der Waals surface area (Å²) in [7, 11) is -2.12. The molecule has 28 heavy (non-hydrogen) atoms. The molecule has 0 radical (unpaired) electrons. The third-order valence-electron chi connectivity index (χ3n) is 5.06. The summed E-state index contributed by atoms with van der Waals surface area (Å²) >= 11 is 3.35. The van der Waals surface area contributed by atoms with Crippen LogP contribution in [0.3, 0.4) is 0 Å². The van der Waals surface area contributed by atoms with Gasteiger partial charge < -0.3 is 19.1 Å². The van der Waals surface area contributed by atoms with Crippen molar-refractivity contribution in [3.8, 4) is 17.2 Å². The lowest BCUT2D eigenvalue weighted by Crippen LogP contribution is -3.13.